The molecule has 1 fully saturated rings. The first-order chi connectivity index (χ1) is 14.0. The van der Waals surface area contributed by atoms with Crippen molar-refractivity contribution < 1.29 is 28.0 Å². The number of esters is 1. The molecular formula is C20H17ClN2O6. The third kappa shape index (κ3) is 3.97. The molecule has 1 saturated heterocycles. The van der Waals surface area contributed by atoms with Crippen molar-refractivity contribution in [3.8, 4) is 17.3 Å². The Morgan fingerprint density at radius 1 is 1.31 bits per heavy atom. The van der Waals surface area contributed by atoms with Gasteiger partial charge in [-0.15, -0.1) is 0 Å². The van der Waals surface area contributed by atoms with Gasteiger partial charge in [-0.3, -0.25) is 9.59 Å². The van der Waals surface area contributed by atoms with Gasteiger partial charge >= 0.3 is 5.97 Å². The molecule has 1 aliphatic heterocycles. The number of anilines is 1. The number of hydrogen-bond acceptors (Lipinski definition) is 7. The first-order valence-electron chi connectivity index (χ1n) is 8.85. The van der Waals surface area contributed by atoms with Gasteiger partial charge in [0.05, 0.1) is 25.0 Å². The summed E-state index contributed by atoms with van der Waals surface area (Å²) in [4.78, 5) is 26.4. The Hall–Kier alpha value is -3.26. The summed E-state index contributed by atoms with van der Waals surface area (Å²) in [5, 5.41) is 4.33. The molecule has 0 bridgehead atoms. The van der Waals surface area contributed by atoms with E-state index in [0.29, 0.717) is 33.7 Å². The van der Waals surface area contributed by atoms with Gasteiger partial charge in [0.1, 0.15) is 18.1 Å². The molecule has 1 aromatic carbocycles. The summed E-state index contributed by atoms with van der Waals surface area (Å²) >= 11 is 6.05. The lowest BCUT2D eigenvalue weighted by Crippen LogP contribution is -2.26. The normalized spacial score (nSPS) is 16.3. The molecule has 0 radical (unpaired) electrons. The van der Waals surface area contributed by atoms with E-state index < -0.39 is 11.9 Å². The molecule has 1 atom stereocenters. The smallest absolute Gasteiger partial charge is 0.311 e. The first-order valence-corrected chi connectivity index (χ1v) is 9.23. The van der Waals surface area contributed by atoms with Crippen LogP contribution < -0.4 is 9.64 Å². The van der Waals surface area contributed by atoms with Gasteiger partial charge < -0.3 is 23.3 Å². The van der Waals surface area contributed by atoms with Gasteiger partial charge in [0.15, 0.2) is 5.76 Å². The van der Waals surface area contributed by atoms with Crippen molar-refractivity contribution in [2.24, 2.45) is 5.92 Å². The van der Waals surface area contributed by atoms with Crippen molar-refractivity contribution >= 4 is 29.2 Å². The number of methoxy groups -OCH3 is 1. The topological polar surface area (TPSA) is 95.0 Å². The van der Waals surface area contributed by atoms with E-state index in [9.17, 15) is 9.59 Å². The average Bonchev–Trinajstić information content (AvgIpc) is 3.46. The fourth-order valence-electron chi connectivity index (χ4n) is 3.15. The standard InChI is InChI=1S/C20H17ClN2O6/c1-26-16-5-4-13(21)8-15(16)23-10-12(7-19(23)24)20(25)28-11-14-9-18(29-22-14)17-3-2-6-27-17/h2-6,8-9,12H,7,10-11H2,1H3/t12-/m1/s1. The maximum Gasteiger partial charge on any atom is 0.311 e. The number of carbonyl (C=O) groups excluding carboxylic acids is 2. The molecule has 29 heavy (non-hydrogen) atoms. The van der Waals surface area contributed by atoms with E-state index in [0.717, 1.165) is 0 Å². The molecule has 0 saturated carbocycles. The zero-order chi connectivity index (χ0) is 20.4. The second-order valence-corrected chi connectivity index (χ2v) is 6.93. The zero-order valence-corrected chi connectivity index (χ0v) is 16.2. The summed E-state index contributed by atoms with van der Waals surface area (Å²) in [6, 6.07) is 10.1. The van der Waals surface area contributed by atoms with E-state index in [1.165, 1.54) is 18.3 Å². The molecule has 150 valence electrons. The molecule has 3 heterocycles. The second kappa shape index (κ2) is 8.00. The molecular weight excluding hydrogens is 400 g/mol. The van der Waals surface area contributed by atoms with Crippen molar-refractivity contribution in [3.63, 3.8) is 0 Å². The van der Waals surface area contributed by atoms with Crippen LogP contribution >= 0.6 is 11.6 Å². The number of halogens is 1. The van der Waals surface area contributed by atoms with E-state index in [1.807, 2.05) is 0 Å². The van der Waals surface area contributed by atoms with Crippen LogP contribution in [0, 0.1) is 5.92 Å². The Morgan fingerprint density at radius 2 is 2.17 bits per heavy atom. The summed E-state index contributed by atoms with van der Waals surface area (Å²) in [7, 11) is 1.51. The summed E-state index contributed by atoms with van der Waals surface area (Å²) in [5.41, 5.74) is 0.974. The number of aromatic nitrogens is 1. The van der Waals surface area contributed by atoms with Gasteiger partial charge in [-0.05, 0) is 30.3 Å². The molecule has 0 unspecified atom stereocenters. The SMILES string of the molecule is COc1ccc(Cl)cc1N1C[C@H](C(=O)OCc2cc(-c3ccco3)on2)CC1=O. The molecule has 9 heteroatoms. The van der Waals surface area contributed by atoms with Crippen LogP contribution in [0.3, 0.4) is 0 Å². The van der Waals surface area contributed by atoms with Gasteiger partial charge in [0.2, 0.25) is 11.7 Å². The van der Waals surface area contributed by atoms with Crippen LogP contribution in [0.4, 0.5) is 5.69 Å². The predicted octanol–water partition coefficient (Wildman–Crippen LogP) is 3.69. The minimum absolute atomic E-state index is 0.0466. The molecule has 4 rings (SSSR count). The molecule has 1 amide bonds. The van der Waals surface area contributed by atoms with Gasteiger partial charge in [-0.2, -0.15) is 0 Å². The Labute approximate surface area is 170 Å². The van der Waals surface area contributed by atoms with Crippen molar-refractivity contribution in [3.05, 3.63) is 53.4 Å². The minimum atomic E-state index is -0.595. The van der Waals surface area contributed by atoms with Crippen LogP contribution in [-0.4, -0.2) is 30.7 Å². The third-order valence-electron chi connectivity index (χ3n) is 4.58. The molecule has 1 aliphatic rings. The van der Waals surface area contributed by atoms with Crippen molar-refractivity contribution in [2.45, 2.75) is 13.0 Å². The number of carbonyl (C=O) groups is 2. The number of ether oxygens (including phenoxy) is 2. The van der Waals surface area contributed by atoms with Crippen LogP contribution in [0.2, 0.25) is 5.02 Å². The van der Waals surface area contributed by atoms with Gasteiger partial charge in [-0.1, -0.05) is 16.8 Å². The van der Waals surface area contributed by atoms with Crippen LogP contribution in [0.1, 0.15) is 12.1 Å². The zero-order valence-electron chi connectivity index (χ0n) is 15.5. The Morgan fingerprint density at radius 3 is 2.93 bits per heavy atom. The summed E-state index contributed by atoms with van der Waals surface area (Å²) < 4.78 is 21.0. The number of furan rings is 1. The van der Waals surface area contributed by atoms with E-state index in [2.05, 4.69) is 5.16 Å². The van der Waals surface area contributed by atoms with Gasteiger partial charge in [0, 0.05) is 24.1 Å². The van der Waals surface area contributed by atoms with Gasteiger partial charge in [0.25, 0.3) is 0 Å². The highest BCUT2D eigenvalue weighted by Crippen LogP contribution is 2.35. The fraction of sp³-hybridized carbons (Fsp3) is 0.250. The van der Waals surface area contributed by atoms with E-state index >= 15 is 0 Å². The second-order valence-electron chi connectivity index (χ2n) is 6.49. The predicted molar refractivity (Wildman–Crippen MR) is 102 cm³/mol. The largest absolute Gasteiger partial charge is 0.495 e. The maximum absolute atomic E-state index is 12.5. The number of amides is 1. The molecule has 0 aliphatic carbocycles. The van der Waals surface area contributed by atoms with Crippen molar-refractivity contribution in [1.82, 2.24) is 5.16 Å². The molecule has 2 aromatic heterocycles. The van der Waals surface area contributed by atoms with E-state index in [4.69, 9.17) is 30.0 Å². The van der Waals surface area contributed by atoms with Crippen LogP contribution in [0.25, 0.3) is 11.5 Å². The van der Waals surface area contributed by atoms with Crippen LogP contribution in [-0.2, 0) is 20.9 Å². The fourth-order valence-corrected chi connectivity index (χ4v) is 3.32. The number of hydrogen-bond donors (Lipinski definition) is 0. The van der Waals surface area contributed by atoms with Crippen LogP contribution in [0.5, 0.6) is 5.75 Å². The summed E-state index contributed by atoms with van der Waals surface area (Å²) in [5.74, 6) is 0.199. The summed E-state index contributed by atoms with van der Waals surface area (Å²) in [6.45, 7) is 0.124. The monoisotopic (exact) mass is 416 g/mol. The highest BCUT2D eigenvalue weighted by atomic mass is 35.5. The Bertz CT molecular complexity index is 1030. The minimum Gasteiger partial charge on any atom is -0.495 e. The van der Waals surface area contributed by atoms with Crippen molar-refractivity contribution in [1.29, 1.82) is 0 Å². The maximum atomic E-state index is 12.5. The highest BCUT2D eigenvalue weighted by Gasteiger charge is 2.37. The Balaban J connectivity index is 1.39. The Kier molecular flexibility index (Phi) is 5.26. The van der Waals surface area contributed by atoms with Crippen LogP contribution in [0.15, 0.2) is 51.6 Å². The lowest BCUT2D eigenvalue weighted by atomic mass is 10.1. The average molecular weight is 417 g/mol. The van der Waals surface area contributed by atoms with E-state index in [-0.39, 0.29) is 25.5 Å². The number of nitrogens with zero attached hydrogens (tertiary/aromatic N) is 2. The quantitative estimate of drug-likeness (QED) is 0.565. The van der Waals surface area contributed by atoms with Crippen molar-refractivity contribution in [2.75, 3.05) is 18.6 Å². The summed E-state index contributed by atoms with van der Waals surface area (Å²) in [6.07, 6.45) is 1.57. The molecule has 0 spiro atoms. The lowest BCUT2D eigenvalue weighted by molar-refractivity contribution is -0.149. The molecule has 0 N–H and O–H groups in total. The molecule has 3 aromatic rings. The van der Waals surface area contributed by atoms with E-state index in [1.54, 1.807) is 36.4 Å². The number of benzene rings is 1. The number of rotatable bonds is 6. The third-order valence-corrected chi connectivity index (χ3v) is 4.81. The van der Waals surface area contributed by atoms with Gasteiger partial charge in [-0.25, -0.2) is 0 Å². The lowest BCUT2D eigenvalue weighted by Gasteiger charge is -2.19. The first kappa shape index (κ1) is 19.1. The molecule has 8 nitrogen and oxygen atoms in total. The highest BCUT2D eigenvalue weighted by molar-refractivity contribution is 6.31.